The zero-order valence-electron chi connectivity index (χ0n) is 20.8. The predicted molar refractivity (Wildman–Crippen MR) is 145 cm³/mol. The van der Waals surface area contributed by atoms with E-state index in [1.165, 1.54) is 12.1 Å². The van der Waals surface area contributed by atoms with Gasteiger partial charge in [0, 0.05) is 43.1 Å². The van der Waals surface area contributed by atoms with Crippen LogP contribution in [0.3, 0.4) is 0 Å². The van der Waals surface area contributed by atoms with E-state index in [9.17, 15) is 20.1 Å². The number of hydrogen-bond donors (Lipinski definition) is 3. The van der Waals surface area contributed by atoms with Crippen molar-refractivity contribution in [1.29, 1.82) is 0 Å². The minimum atomic E-state index is -0.407. The Hall–Kier alpha value is -3.98. The number of benzene rings is 3. The number of β-amino-alcohol motifs (C(OH)–C–C–N with tert-alkyl or cyclic N) is 1. The third-order valence-electron chi connectivity index (χ3n) is 6.56. The Morgan fingerprint density at radius 3 is 2.37 bits per heavy atom. The van der Waals surface area contributed by atoms with E-state index in [-0.39, 0.29) is 35.0 Å². The molecule has 1 aliphatic heterocycles. The summed E-state index contributed by atoms with van der Waals surface area (Å²) < 4.78 is 0. The molecule has 0 unspecified atom stereocenters. The number of aryl methyl sites for hydroxylation is 1. The smallest absolute Gasteiger partial charge is 0.262 e. The predicted octanol–water partition coefficient (Wildman–Crippen LogP) is 4.54. The number of aliphatic hydroxyl groups excluding tert-OH is 1. The first-order valence-electron chi connectivity index (χ1n) is 12.2. The molecule has 0 aliphatic carbocycles. The first-order chi connectivity index (χ1) is 18.3. The number of likely N-dealkylation sites (tertiary alicyclic amines) is 1. The molecule has 0 spiro atoms. The van der Waals surface area contributed by atoms with Crippen molar-refractivity contribution < 1.29 is 20.1 Å². The molecule has 0 radical (unpaired) electrons. The van der Waals surface area contributed by atoms with Gasteiger partial charge in [0.25, 0.3) is 5.91 Å². The lowest BCUT2D eigenvalue weighted by Crippen LogP contribution is -2.49. The Balaban J connectivity index is 1.43. The maximum atomic E-state index is 13.6. The van der Waals surface area contributed by atoms with Crippen molar-refractivity contribution in [2.75, 3.05) is 18.0 Å². The number of aliphatic hydroxyl groups is 1. The second-order valence-electron chi connectivity index (χ2n) is 9.47. The van der Waals surface area contributed by atoms with Gasteiger partial charge in [-0.25, -0.2) is 9.97 Å². The van der Waals surface area contributed by atoms with Gasteiger partial charge in [-0.1, -0.05) is 36.4 Å². The van der Waals surface area contributed by atoms with Gasteiger partial charge in [0.1, 0.15) is 11.5 Å². The highest BCUT2D eigenvalue weighted by Gasteiger charge is 2.24. The lowest BCUT2D eigenvalue weighted by Gasteiger charge is -2.35. The Kier molecular flexibility index (Phi) is 7.28. The first-order valence-corrected chi connectivity index (χ1v) is 12.6. The Labute approximate surface area is 225 Å². The van der Waals surface area contributed by atoms with Crippen LogP contribution in [-0.2, 0) is 13.1 Å². The zero-order chi connectivity index (χ0) is 26.8. The molecule has 9 heteroatoms. The van der Waals surface area contributed by atoms with Gasteiger partial charge in [0.2, 0.25) is 5.28 Å². The summed E-state index contributed by atoms with van der Waals surface area (Å²) in [5.74, 6) is -0.829. The average Bonchev–Trinajstić information content (AvgIpc) is 2.88. The van der Waals surface area contributed by atoms with Gasteiger partial charge in [0.15, 0.2) is 0 Å². The number of carbonyl (C=O) groups excluding carboxylic acids is 1. The van der Waals surface area contributed by atoms with Crippen molar-refractivity contribution in [2.45, 2.75) is 26.1 Å². The van der Waals surface area contributed by atoms with Crippen LogP contribution in [0.5, 0.6) is 11.5 Å². The number of carbonyl (C=O) groups is 1. The van der Waals surface area contributed by atoms with E-state index >= 15 is 0 Å². The molecule has 1 amide bonds. The number of amides is 1. The number of halogens is 1. The standard InChI is InChI=1S/C29H27ClN4O4/c1-18-13-31-29(30)32-27(18)21-6-8-22(9-7-21)34(28(38)25-11-10-23(35)12-26(25)37)15-20-4-2-19(3-5-20)14-33-16-24(36)17-33/h2-13,24,35-37H,14-17H2,1H3. The summed E-state index contributed by atoms with van der Waals surface area (Å²) in [5.41, 5.74) is 5.15. The summed E-state index contributed by atoms with van der Waals surface area (Å²) in [7, 11) is 0. The largest absolute Gasteiger partial charge is 0.508 e. The van der Waals surface area contributed by atoms with E-state index in [0.29, 0.717) is 24.5 Å². The molecular weight excluding hydrogens is 504 g/mol. The molecule has 0 atom stereocenters. The topological polar surface area (TPSA) is 110 Å². The molecule has 0 bridgehead atoms. The number of anilines is 1. The molecule has 3 N–H and O–H groups in total. The van der Waals surface area contributed by atoms with Gasteiger partial charge in [-0.05, 0) is 59.5 Å². The van der Waals surface area contributed by atoms with Crippen molar-refractivity contribution in [3.8, 4) is 22.8 Å². The quantitative estimate of drug-likeness (QED) is 0.301. The number of phenolic OH excluding ortho intramolecular Hbond substituents is 2. The van der Waals surface area contributed by atoms with Gasteiger partial charge >= 0.3 is 0 Å². The molecule has 4 aromatic rings. The molecular formula is C29H27ClN4O4. The lowest BCUT2D eigenvalue weighted by molar-refractivity contribution is -0.00286. The third-order valence-corrected chi connectivity index (χ3v) is 6.74. The van der Waals surface area contributed by atoms with Crippen LogP contribution in [0.1, 0.15) is 27.0 Å². The van der Waals surface area contributed by atoms with Crippen LogP contribution < -0.4 is 4.90 Å². The highest BCUT2D eigenvalue weighted by Crippen LogP contribution is 2.30. The summed E-state index contributed by atoms with van der Waals surface area (Å²) in [6.07, 6.45) is 1.42. The van der Waals surface area contributed by atoms with Crippen molar-refractivity contribution in [1.82, 2.24) is 14.9 Å². The number of aromatic hydroxyl groups is 2. The maximum absolute atomic E-state index is 13.6. The summed E-state index contributed by atoms with van der Waals surface area (Å²) in [4.78, 5) is 25.7. The summed E-state index contributed by atoms with van der Waals surface area (Å²) in [6, 6.07) is 19.3. The summed E-state index contributed by atoms with van der Waals surface area (Å²) >= 11 is 6.00. The van der Waals surface area contributed by atoms with Gasteiger partial charge < -0.3 is 20.2 Å². The lowest BCUT2D eigenvalue weighted by atomic mass is 10.1. The molecule has 2 heterocycles. The van der Waals surface area contributed by atoms with E-state index in [1.54, 1.807) is 11.1 Å². The van der Waals surface area contributed by atoms with Gasteiger partial charge in [-0.3, -0.25) is 9.69 Å². The van der Waals surface area contributed by atoms with Gasteiger partial charge in [-0.2, -0.15) is 0 Å². The molecule has 1 aromatic heterocycles. The number of nitrogens with zero attached hydrogens (tertiary/aromatic N) is 4. The minimum Gasteiger partial charge on any atom is -0.508 e. The number of aromatic nitrogens is 2. The van der Waals surface area contributed by atoms with Crippen LogP contribution >= 0.6 is 11.6 Å². The Morgan fingerprint density at radius 1 is 1.03 bits per heavy atom. The fraction of sp³-hybridized carbons (Fsp3) is 0.207. The normalized spacial score (nSPS) is 13.8. The molecule has 1 saturated heterocycles. The molecule has 8 nitrogen and oxygen atoms in total. The number of rotatable bonds is 7. The summed E-state index contributed by atoms with van der Waals surface area (Å²) in [5, 5.41) is 29.7. The Morgan fingerprint density at radius 2 is 1.71 bits per heavy atom. The van der Waals surface area contributed by atoms with Gasteiger partial charge in [-0.15, -0.1) is 0 Å². The second-order valence-corrected chi connectivity index (χ2v) is 9.81. The van der Waals surface area contributed by atoms with E-state index in [2.05, 4.69) is 14.9 Å². The first kappa shape index (κ1) is 25.7. The van der Waals surface area contributed by atoms with Crippen LogP contribution in [-0.4, -0.2) is 55.3 Å². The minimum absolute atomic E-state index is 0.0817. The van der Waals surface area contributed by atoms with E-state index in [4.69, 9.17) is 11.6 Å². The molecule has 0 saturated carbocycles. The average molecular weight is 531 g/mol. The van der Waals surface area contributed by atoms with E-state index in [1.807, 2.05) is 55.5 Å². The Bertz CT molecular complexity index is 1450. The van der Waals surface area contributed by atoms with Crippen molar-refractivity contribution in [3.63, 3.8) is 0 Å². The van der Waals surface area contributed by atoms with Crippen molar-refractivity contribution in [3.05, 3.63) is 100 Å². The molecule has 38 heavy (non-hydrogen) atoms. The fourth-order valence-electron chi connectivity index (χ4n) is 4.50. The molecule has 194 valence electrons. The number of phenols is 2. The highest BCUT2D eigenvalue weighted by molar-refractivity contribution is 6.28. The molecule has 5 rings (SSSR count). The van der Waals surface area contributed by atoms with E-state index in [0.717, 1.165) is 34.9 Å². The van der Waals surface area contributed by atoms with Crippen molar-refractivity contribution >= 4 is 23.2 Å². The van der Waals surface area contributed by atoms with Gasteiger partial charge in [0.05, 0.1) is 23.9 Å². The molecule has 1 fully saturated rings. The molecule has 1 aliphatic rings. The SMILES string of the molecule is Cc1cnc(Cl)nc1-c1ccc(N(Cc2ccc(CN3CC(O)C3)cc2)C(=O)c2ccc(O)cc2O)cc1. The highest BCUT2D eigenvalue weighted by atomic mass is 35.5. The third kappa shape index (κ3) is 5.62. The number of hydrogen-bond acceptors (Lipinski definition) is 7. The fourth-order valence-corrected chi connectivity index (χ4v) is 4.63. The summed E-state index contributed by atoms with van der Waals surface area (Å²) in [6.45, 7) is 4.28. The van der Waals surface area contributed by atoms with Crippen LogP contribution in [0.15, 0.2) is 72.9 Å². The second kappa shape index (κ2) is 10.8. The monoisotopic (exact) mass is 530 g/mol. The van der Waals surface area contributed by atoms with E-state index < -0.39 is 5.91 Å². The van der Waals surface area contributed by atoms with Crippen LogP contribution in [0.25, 0.3) is 11.3 Å². The van der Waals surface area contributed by atoms with Crippen LogP contribution in [0, 0.1) is 6.92 Å². The van der Waals surface area contributed by atoms with Crippen LogP contribution in [0.4, 0.5) is 5.69 Å². The van der Waals surface area contributed by atoms with Crippen LogP contribution in [0.2, 0.25) is 5.28 Å². The maximum Gasteiger partial charge on any atom is 0.262 e. The van der Waals surface area contributed by atoms with Crippen molar-refractivity contribution in [2.24, 2.45) is 0 Å². The molecule has 3 aromatic carbocycles. The zero-order valence-corrected chi connectivity index (χ0v) is 21.5.